The molecular weight excluding hydrogens is 131 g/mol. The van der Waals surface area contributed by atoms with Gasteiger partial charge in [0.05, 0.1) is 5.69 Å². The lowest BCUT2D eigenvalue weighted by molar-refractivity contribution is 0.630. The Morgan fingerprint density at radius 1 is 1.50 bits per heavy atom. The molecule has 0 aliphatic heterocycles. The molecule has 0 heterocycles. The maximum absolute atomic E-state index is 12.7. The third-order valence-corrected chi connectivity index (χ3v) is 1.21. The Morgan fingerprint density at radius 2 is 2.20 bits per heavy atom. The number of benzene rings is 1. The van der Waals surface area contributed by atoms with Crippen LogP contribution >= 0.6 is 0 Å². The molecule has 0 atom stereocenters. The molecule has 0 fully saturated rings. The van der Waals surface area contributed by atoms with Gasteiger partial charge in [-0.1, -0.05) is 12.1 Å². The summed E-state index contributed by atoms with van der Waals surface area (Å²) in [6.45, 7) is 0. The van der Waals surface area contributed by atoms with Crippen molar-refractivity contribution in [3.8, 4) is 0 Å². The number of rotatable bonds is 1. The summed E-state index contributed by atoms with van der Waals surface area (Å²) in [5.74, 6) is -0.516. The molecule has 0 spiro atoms. The summed E-state index contributed by atoms with van der Waals surface area (Å²) in [5, 5.41) is 6.76. The van der Waals surface area contributed by atoms with Gasteiger partial charge in [0.15, 0.2) is 5.82 Å². The molecule has 1 rings (SSSR count). The summed E-state index contributed by atoms with van der Waals surface area (Å²) >= 11 is 0. The van der Waals surface area contributed by atoms with E-state index in [1.807, 2.05) is 0 Å². The third kappa shape index (κ3) is 0.978. The van der Waals surface area contributed by atoms with Crippen molar-refractivity contribution in [1.29, 1.82) is 5.41 Å². The van der Waals surface area contributed by atoms with Crippen molar-refractivity contribution in [3.63, 3.8) is 0 Å². The van der Waals surface area contributed by atoms with Gasteiger partial charge < -0.3 is 11.1 Å². The van der Waals surface area contributed by atoms with Gasteiger partial charge in [0.2, 0.25) is 0 Å². The SMILES string of the molecule is N=Cc1cccc(N)c1F. The summed E-state index contributed by atoms with van der Waals surface area (Å²) < 4.78 is 12.7. The van der Waals surface area contributed by atoms with Gasteiger partial charge in [-0.3, -0.25) is 0 Å². The number of nitrogens with two attached hydrogens (primary N) is 1. The highest BCUT2D eigenvalue weighted by molar-refractivity contribution is 5.79. The fourth-order valence-electron chi connectivity index (χ4n) is 0.680. The first kappa shape index (κ1) is 6.74. The zero-order valence-corrected chi connectivity index (χ0v) is 5.26. The molecule has 0 aromatic heterocycles. The molecular formula is C7H7FN2. The lowest BCUT2D eigenvalue weighted by atomic mass is 10.2. The second-order valence-corrected chi connectivity index (χ2v) is 1.89. The van der Waals surface area contributed by atoms with Crippen molar-refractivity contribution in [2.75, 3.05) is 5.73 Å². The van der Waals surface area contributed by atoms with E-state index in [-0.39, 0.29) is 11.3 Å². The quantitative estimate of drug-likeness (QED) is 0.447. The topological polar surface area (TPSA) is 49.9 Å². The number of nitrogen functional groups attached to an aromatic ring is 1. The average molecular weight is 138 g/mol. The van der Waals surface area contributed by atoms with E-state index in [0.29, 0.717) is 0 Å². The largest absolute Gasteiger partial charge is 0.396 e. The normalized spacial score (nSPS) is 9.30. The number of nitrogens with one attached hydrogen (secondary N) is 1. The Labute approximate surface area is 58.0 Å². The van der Waals surface area contributed by atoms with Crippen molar-refractivity contribution >= 4 is 11.9 Å². The van der Waals surface area contributed by atoms with Gasteiger partial charge in [-0.2, -0.15) is 0 Å². The van der Waals surface area contributed by atoms with Crippen LogP contribution in [0.4, 0.5) is 10.1 Å². The molecule has 52 valence electrons. The first-order valence-corrected chi connectivity index (χ1v) is 2.80. The van der Waals surface area contributed by atoms with Gasteiger partial charge >= 0.3 is 0 Å². The Morgan fingerprint density at radius 3 is 2.70 bits per heavy atom. The van der Waals surface area contributed by atoms with Crippen LogP contribution < -0.4 is 5.73 Å². The van der Waals surface area contributed by atoms with Gasteiger partial charge in [-0.05, 0) is 6.07 Å². The van der Waals surface area contributed by atoms with Crippen LogP contribution in [0, 0.1) is 11.2 Å². The highest BCUT2D eigenvalue weighted by Crippen LogP contribution is 2.11. The summed E-state index contributed by atoms with van der Waals surface area (Å²) in [4.78, 5) is 0. The van der Waals surface area contributed by atoms with Crippen molar-refractivity contribution in [2.24, 2.45) is 0 Å². The molecule has 0 aliphatic rings. The first-order chi connectivity index (χ1) is 4.75. The van der Waals surface area contributed by atoms with E-state index in [4.69, 9.17) is 11.1 Å². The van der Waals surface area contributed by atoms with Crippen LogP contribution in [0.2, 0.25) is 0 Å². The van der Waals surface area contributed by atoms with Crippen molar-refractivity contribution in [3.05, 3.63) is 29.6 Å². The number of hydrogen-bond acceptors (Lipinski definition) is 2. The lowest BCUT2D eigenvalue weighted by Crippen LogP contribution is -1.94. The van der Waals surface area contributed by atoms with Crippen LogP contribution in [0.1, 0.15) is 5.56 Å². The minimum Gasteiger partial charge on any atom is -0.396 e. The van der Waals surface area contributed by atoms with Gasteiger partial charge in [0.25, 0.3) is 0 Å². The predicted octanol–water partition coefficient (Wildman–Crippen LogP) is 1.41. The molecule has 0 amide bonds. The Bertz CT molecular complexity index is 258. The predicted molar refractivity (Wildman–Crippen MR) is 38.7 cm³/mol. The minimum atomic E-state index is -0.516. The van der Waals surface area contributed by atoms with Crippen LogP contribution in [0.3, 0.4) is 0 Å². The summed E-state index contributed by atoms with van der Waals surface area (Å²) in [7, 11) is 0. The number of anilines is 1. The van der Waals surface area contributed by atoms with Crippen LogP contribution in [-0.4, -0.2) is 6.21 Å². The molecule has 0 unspecified atom stereocenters. The highest BCUT2D eigenvalue weighted by Gasteiger charge is 2.00. The second-order valence-electron chi connectivity index (χ2n) is 1.89. The van der Waals surface area contributed by atoms with E-state index in [1.54, 1.807) is 6.07 Å². The zero-order chi connectivity index (χ0) is 7.56. The molecule has 1 aromatic carbocycles. The molecule has 0 saturated carbocycles. The average Bonchev–Trinajstić information content (AvgIpc) is 1.95. The maximum Gasteiger partial charge on any atom is 0.154 e. The Hall–Kier alpha value is -1.38. The van der Waals surface area contributed by atoms with E-state index >= 15 is 0 Å². The van der Waals surface area contributed by atoms with E-state index in [2.05, 4.69) is 0 Å². The van der Waals surface area contributed by atoms with Crippen molar-refractivity contribution in [2.45, 2.75) is 0 Å². The van der Waals surface area contributed by atoms with E-state index in [9.17, 15) is 4.39 Å². The smallest absolute Gasteiger partial charge is 0.154 e. The monoisotopic (exact) mass is 138 g/mol. The lowest BCUT2D eigenvalue weighted by Gasteiger charge is -1.97. The Balaban J connectivity index is 3.27. The summed E-state index contributed by atoms with van der Waals surface area (Å²) in [5.41, 5.74) is 5.52. The molecule has 2 nitrogen and oxygen atoms in total. The van der Waals surface area contributed by atoms with Gasteiger partial charge in [-0.25, -0.2) is 4.39 Å². The first-order valence-electron chi connectivity index (χ1n) is 2.80. The number of hydrogen-bond donors (Lipinski definition) is 2. The van der Waals surface area contributed by atoms with Crippen molar-refractivity contribution < 1.29 is 4.39 Å². The van der Waals surface area contributed by atoms with Crippen molar-refractivity contribution in [1.82, 2.24) is 0 Å². The molecule has 0 bridgehead atoms. The van der Waals surface area contributed by atoms with Gasteiger partial charge in [-0.15, -0.1) is 0 Å². The Kier molecular flexibility index (Phi) is 1.67. The second kappa shape index (κ2) is 2.47. The van der Waals surface area contributed by atoms with Crippen LogP contribution in [0.25, 0.3) is 0 Å². The molecule has 3 N–H and O–H groups in total. The van der Waals surface area contributed by atoms with Crippen LogP contribution in [-0.2, 0) is 0 Å². The van der Waals surface area contributed by atoms with Crippen LogP contribution in [0.5, 0.6) is 0 Å². The third-order valence-electron chi connectivity index (χ3n) is 1.21. The molecule has 0 saturated heterocycles. The number of halogens is 1. The van der Waals surface area contributed by atoms with E-state index in [0.717, 1.165) is 6.21 Å². The molecule has 10 heavy (non-hydrogen) atoms. The molecule has 3 heteroatoms. The minimum absolute atomic E-state index is 0.0843. The van der Waals surface area contributed by atoms with Gasteiger partial charge in [0.1, 0.15) is 0 Å². The fourth-order valence-corrected chi connectivity index (χ4v) is 0.680. The fraction of sp³-hybridized carbons (Fsp3) is 0. The standard InChI is InChI=1S/C7H7FN2/c8-7-5(4-9)2-1-3-6(7)10/h1-4,9H,10H2. The highest BCUT2D eigenvalue weighted by atomic mass is 19.1. The maximum atomic E-state index is 12.7. The van der Waals surface area contributed by atoms with E-state index < -0.39 is 5.82 Å². The summed E-state index contributed by atoms with van der Waals surface area (Å²) in [6, 6.07) is 4.57. The van der Waals surface area contributed by atoms with Crippen LogP contribution in [0.15, 0.2) is 18.2 Å². The summed E-state index contributed by atoms with van der Waals surface area (Å²) in [6.07, 6.45) is 0.936. The van der Waals surface area contributed by atoms with Gasteiger partial charge in [0, 0.05) is 11.8 Å². The molecule has 0 aliphatic carbocycles. The van der Waals surface area contributed by atoms with E-state index in [1.165, 1.54) is 12.1 Å². The molecule has 0 radical (unpaired) electrons. The zero-order valence-electron chi connectivity index (χ0n) is 5.26. The molecule has 1 aromatic rings.